The first-order valence-electron chi connectivity index (χ1n) is 10.4. The average Bonchev–Trinajstić information content (AvgIpc) is 3.28. The van der Waals surface area contributed by atoms with Crippen LogP contribution in [0.15, 0.2) is 24.5 Å². The standard InChI is InChI=1S/C22H32N2O4/c1-20(2,26)17-6-7-21(3,28-17)18-13-22(15-27-18)8-11-24(12-9-22)19(25)16-5-4-10-23-14-16/h4-5,10,14,17-18,26H,6-9,11-13,15H2,1-3H3/t17-,18-,21+/m0/s1. The maximum atomic E-state index is 12.7. The molecule has 3 aliphatic heterocycles. The average molecular weight is 389 g/mol. The third kappa shape index (κ3) is 3.70. The van der Waals surface area contributed by atoms with Crippen molar-refractivity contribution >= 4 is 5.91 Å². The number of hydrogen-bond donors (Lipinski definition) is 1. The van der Waals surface area contributed by atoms with E-state index in [2.05, 4.69) is 11.9 Å². The quantitative estimate of drug-likeness (QED) is 0.862. The van der Waals surface area contributed by atoms with E-state index in [0.29, 0.717) is 5.56 Å². The number of rotatable bonds is 3. The van der Waals surface area contributed by atoms with Gasteiger partial charge in [0.1, 0.15) is 0 Å². The maximum absolute atomic E-state index is 12.7. The van der Waals surface area contributed by atoms with Crippen molar-refractivity contribution in [1.82, 2.24) is 9.88 Å². The Bertz CT molecular complexity index is 709. The Hall–Kier alpha value is -1.50. The third-order valence-electron chi connectivity index (χ3n) is 7.01. The molecule has 6 nitrogen and oxygen atoms in total. The lowest BCUT2D eigenvalue weighted by atomic mass is 9.74. The molecule has 1 aromatic rings. The second kappa shape index (κ2) is 7.08. The Labute approximate surface area is 167 Å². The highest BCUT2D eigenvalue weighted by Gasteiger charge is 2.53. The molecule has 0 aromatic carbocycles. The summed E-state index contributed by atoms with van der Waals surface area (Å²) in [5, 5.41) is 10.3. The summed E-state index contributed by atoms with van der Waals surface area (Å²) in [5.74, 6) is 0.0672. The fraction of sp³-hybridized carbons (Fsp3) is 0.727. The van der Waals surface area contributed by atoms with Gasteiger partial charge in [-0.2, -0.15) is 0 Å². The van der Waals surface area contributed by atoms with Crippen LogP contribution >= 0.6 is 0 Å². The van der Waals surface area contributed by atoms with Crippen LogP contribution in [0, 0.1) is 5.41 Å². The zero-order valence-electron chi connectivity index (χ0n) is 17.2. The number of pyridine rings is 1. The van der Waals surface area contributed by atoms with Gasteiger partial charge in [0.05, 0.1) is 35.6 Å². The van der Waals surface area contributed by atoms with Crippen LogP contribution in [0.5, 0.6) is 0 Å². The minimum Gasteiger partial charge on any atom is -0.388 e. The molecular formula is C22H32N2O4. The number of ether oxygens (including phenoxy) is 2. The van der Waals surface area contributed by atoms with Gasteiger partial charge in [-0.15, -0.1) is 0 Å². The molecule has 3 atom stereocenters. The lowest BCUT2D eigenvalue weighted by molar-refractivity contribution is -0.155. The van der Waals surface area contributed by atoms with Crippen molar-refractivity contribution in [3.05, 3.63) is 30.1 Å². The van der Waals surface area contributed by atoms with Gasteiger partial charge in [-0.1, -0.05) is 0 Å². The minimum absolute atomic E-state index is 0.0559. The lowest BCUT2D eigenvalue weighted by Crippen LogP contribution is -2.45. The van der Waals surface area contributed by atoms with Crippen molar-refractivity contribution < 1.29 is 19.4 Å². The normalized spacial score (nSPS) is 32.8. The zero-order valence-corrected chi connectivity index (χ0v) is 17.2. The number of aromatic nitrogens is 1. The first-order valence-corrected chi connectivity index (χ1v) is 10.4. The molecule has 4 rings (SSSR count). The first-order chi connectivity index (χ1) is 13.2. The van der Waals surface area contributed by atoms with E-state index in [-0.39, 0.29) is 29.1 Å². The molecule has 154 valence electrons. The van der Waals surface area contributed by atoms with Gasteiger partial charge < -0.3 is 19.5 Å². The number of piperidine rings is 1. The summed E-state index contributed by atoms with van der Waals surface area (Å²) in [6, 6.07) is 3.63. The molecule has 1 N–H and O–H groups in total. The Morgan fingerprint density at radius 1 is 1.32 bits per heavy atom. The number of nitrogens with zero attached hydrogens (tertiary/aromatic N) is 2. The molecule has 6 heteroatoms. The number of carbonyl (C=O) groups excluding carboxylic acids is 1. The largest absolute Gasteiger partial charge is 0.388 e. The molecule has 1 amide bonds. The zero-order chi connectivity index (χ0) is 20.0. The highest BCUT2D eigenvalue weighted by Crippen LogP contribution is 2.49. The number of aliphatic hydroxyl groups is 1. The van der Waals surface area contributed by atoms with Crippen LogP contribution < -0.4 is 0 Å². The summed E-state index contributed by atoms with van der Waals surface area (Å²) < 4.78 is 12.6. The number of likely N-dealkylation sites (tertiary alicyclic amines) is 1. The van der Waals surface area contributed by atoms with Crippen LogP contribution in [0.4, 0.5) is 0 Å². The van der Waals surface area contributed by atoms with Crippen molar-refractivity contribution in [3.63, 3.8) is 0 Å². The summed E-state index contributed by atoms with van der Waals surface area (Å²) in [6.07, 6.45) is 7.90. The van der Waals surface area contributed by atoms with Crippen LogP contribution in [0.25, 0.3) is 0 Å². The van der Waals surface area contributed by atoms with E-state index in [1.807, 2.05) is 24.8 Å². The molecule has 3 saturated heterocycles. The Morgan fingerprint density at radius 2 is 2.07 bits per heavy atom. The first kappa shape index (κ1) is 19.8. The monoisotopic (exact) mass is 388 g/mol. The molecule has 0 unspecified atom stereocenters. The Kier molecular flexibility index (Phi) is 5.01. The minimum atomic E-state index is -0.827. The molecule has 0 aliphatic carbocycles. The number of carbonyl (C=O) groups is 1. The number of amides is 1. The van der Waals surface area contributed by atoms with E-state index in [1.54, 1.807) is 18.5 Å². The molecule has 0 saturated carbocycles. The predicted molar refractivity (Wildman–Crippen MR) is 105 cm³/mol. The smallest absolute Gasteiger partial charge is 0.255 e. The maximum Gasteiger partial charge on any atom is 0.255 e. The van der Waals surface area contributed by atoms with Crippen molar-refractivity contribution in [2.75, 3.05) is 19.7 Å². The van der Waals surface area contributed by atoms with Gasteiger partial charge in [0.15, 0.2) is 0 Å². The fourth-order valence-corrected chi connectivity index (χ4v) is 4.98. The molecule has 3 aliphatic rings. The fourth-order valence-electron chi connectivity index (χ4n) is 4.98. The summed E-state index contributed by atoms with van der Waals surface area (Å²) in [4.78, 5) is 18.7. The van der Waals surface area contributed by atoms with E-state index >= 15 is 0 Å². The van der Waals surface area contributed by atoms with Crippen LogP contribution in [0.1, 0.15) is 63.2 Å². The summed E-state index contributed by atoms with van der Waals surface area (Å²) in [7, 11) is 0. The second-order valence-corrected chi connectivity index (χ2v) is 9.65. The lowest BCUT2D eigenvalue weighted by Gasteiger charge is -2.39. The molecule has 3 fully saturated rings. The van der Waals surface area contributed by atoms with E-state index in [0.717, 1.165) is 51.8 Å². The van der Waals surface area contributed by atoms with E-state index in [4.69, 9.17) is 9.47 Å². The molecule has 0 bridgehead atoms. The Balaban J connectivity index is 1.36. The van der Waals surface area contributed by atoms with E-state index in [1.165, 1.54) is 0 Å². The molecule has 28 heavy (non-hydrogen) atoms. The SMILES string of the molecule is CC(C)(O)[C@@H]1CC[C@](C)([C@@H]2CC3(CCN(C(=O)c4cccnc4)CC3)CO2)O1. The molecule has 4 heterocycles. The Morgan fingerprint density at radius 3 is 2.68 bits per heavy atom. The van der Waals surface area contributed by atoms with Crippen molar-refractivity contribution in [2.24, 2.45) is 5.41 Å². The van der Waals surface area contributed by atoms with Gasteiger partial charge in [-0.05, 0) is 70.4 Å². The molecule has 0 radical (unpaired) electrons. The summed E-state index contributed by atoms with van der Waals surface area (Å²) >= 11 is 0. The summed E-state index contributed by atoms with van der Waals surface area (Å²) in [5.41, 5.74) is -0.373. The summed E-state index contributed by atoms with van der Waals surface area (Å²) in [6.45, 7) is 8.01. The van der Waals surface area contributed by atoms with Crippen molar-refractivity contribution in [3.8, 4) is 0 Å². The van der Waals surface area contributed by atoms with E-state index in [9.17, 15) is 9.90 Å². The van der Waals surface area contributed by atoms with Gasteiger partial charge in [0, 0.05) is 25.5 Å². The van der Waals surface area contributed by atoms with Crippen LogP contribution in [-0.4, -0.2) is 64.0 Å². The topological polar surface area (TPSA) is 71.9 Å². The van der Waals surface area contributed by atoms with Gasteiger partial charge in [0.2, 0.25) is 0 Å². The van der Waals surface area contributed by atoms with E-state index < -0.39 is 5.60 Å². The highest BCUT2D eigenvalue weighted by molar-refractivity contribution is 5.93. The van der Waals surface area contributed by atoms with Crippen LogP contribution in [0.2, 0.25) is 0 Å². The van der Waals surface area contributed by atoms with Gasteiger partial charge in [0.25, 0.3) is 5.91 Å². The van der Waals surface area contributed by atoms with Crippen molar-refractivity contribution in [1.29, 1.82) is 0 Å². The van der Waals surface area contributed by atoms with Crippen molar-refractivity contribution in [2.45, 2.75) is 76.3 Å². The third-order valence-corrected chi connectivity index (χ3v) is 7.01. The van der Waals surface area contributed by atoms with Crippen LogP contribution in [-0.2, 0) is 9.47 Å². The number of hydrogen-bond acceptors (Lipinski definition) is 5. The molecular weight excluding hydrogens is 356 g/mol. The molecule has 1 aromatic heterocycles. The second-order valence-electron chi connectivity index (χ2n) is 9.65. The predicted octanol–water partition coefficient (Wildman–Crippen LogP) is 2.80. The van der Waals surface area contributed by atoms with Gasteiger partial charge in [-0.3, -0.25) is 9.78 Å². The van der Waals surface area contributed by atoms with Gasteiger partial charge in [-0.25, -0.2) is 0 Å². The van der Waals surface area contributed by atoms with Crippen LogP contribution in [0.3, 0.4) is 0 Å². The van der Waals surface area contributed by atoms with Gasteiger partial charge >= 0.3 is 0 Å². The molecule has 1 spiro atoms. The highest BCUT2D eigenvalue weighted by atomic mass is 16.6.